The minimum atomic E-state index is -0.105. The van der Waals surface area contributed by atoms with E-state index >= 15 is 0 Å². The molecule has 2 rings (SSSR count). The predicted molar refractivity (Wildman–Crippen MR) is 64.2 cm³/mol. The van der Waals surface area contributed by atoms with Crippen molar-refractivity contribution in [2.24, 2.45) is 0 Å². The third-order valence-electron chi connectivity index (χ3n) is 3.07. The largest absolute Gasteiger partial charge is 0.506 e. The molecule has 0 saturated carbocycles. The summed E-state index contributed by atoms with van der Waals surface area (Å²) >= 11 is 5.98. The molecule has 0 amide bonds. The molecule has 1 atom stereocenters. The standard InChI is InChI=1S/C12H16ClNO2/c1-7-5-9(13)12(15)11(8(7)2)10-6-14-3-4-16-10/h5,10,14-15H,3-4,6H2,1-2H3. The molecular weight excluding hydrogens is 226 g/mol. The van der Waals surface area contributed by atoms with Crippen molar-refractivity contribution in [1.29, 1.82) is 0 Å². The van der Waals surface area contributed by atoms with E-state index < -0.39 is 0 Å². The van der Waals surface area contributed by atoms with Crippen molar-refractivity contribution in [1.82, 2.24) is 5.32 Å². The van der Waals surface area contributed by atoms with Crippen LogP contribution in [0.1, 0.15) is 22.8 Å². The Labute approximate surface area is 100 Å². The lowest BCUT2D eigenvalue weighted by molar-refractivity contribution is 0.0259. The fourth-order valence-corrected chi connectivity index (χ4v) is 2.30. The maximum atomic E-state index is 10.0. The van der Waals surface area contributed by atoms with Crippen LogP contribution in [0.5, 0.6) is 5.75 Å². The number of aryl methyl sites for hydroxylation is 1. The van der Waals surface area contributed by atoms with Crippen LogP contribution in [0.25, 0.3) is 0 Å². The smallest absolute Gasteiger partial charge is 0.140 e. The van der Waals surface area contributed by atoms with Crippen molar-refractivity contribution in [3.63, 3.8) is 0 Å². The number of nitrogens with one attached hydrogen (secondary N) is 1. The second-order valence-electron chi connectivity index (χ2n) is 4.13. The number of hydrogen-bond acceptors (Lipinski definition) is 3. The first-order valence-electron chi connectivity index (χ1n) is 5.42. The molecule has 1 aliphatic heterocycles. The minimum Gasteiger partial charge on any atom is -0.506 e. The number of ether oxygens (including phenoxy) is 1. The summed E-state index contributed by atoms with van der Waals surface area (Å²) in [7, 11) is 0. The fourth-order valence-electron chi connectivity index (χ4n) is 2.03. The molecule has 4 heteroatoms. The summed E-state index contributed by atoms with van der Waals surface area (Å²) in [5.41, 5.74) is 2.94. The van der Waals surface area contributed by atoms with Gasteiger partial charge in [-0.05, 0) is 31.0 Å². The van der Waals surface area contributed by atoms with Crippen molar-refractivity contribution in [2.75, 3.05) is 19.7 Å². The maximum absolute atomic E-state index is 10.0. The molecule has 0 aromatic heterocycles. The van der Waals surface area contributed by atoms with Gasteiger partial charge in [-0.3, -0.25) is 0 Å². The average Bonchev–Trinajstić information content (AvgIpc) is 2.28. The summed E-state index contributed by atoms with van der Waals surface area (Å²) in [4.78, 5) is 0. The fraction of sp³-hybridized carbons (Fsp3) is 0.500. The number of phenolic OH excluding ortho intramolecular Hbond substituents is 1. The Kier molecular flexibility index (Phi) is 3.38. The Morgan fingerprint density at radius 1 is 1.50 bits per heavy atom. The molecule has 1 saturated heterocycles. The normalized spacial score (nSPS) is 21.1. The lowest BCUT2D eigenvalue weighted by Gasteiger charge is -2.26. The third kappa shape index (κ3) is 2.03. The Balaban J connectivity index is 2.45. The second kappa shape index (κ2) is 4.62. The number of benzene rings is 1. The van der Waals surface area contributed by atoms with E-state index in [1.165, 1.54) is 0 Å². The summed E-state index contributed by atoms with van der Waals surface area (Å²) in [5.74, 6) is 0.151. The number of phenols is 1. The van der Waals surface area contributed by atoms with E-state index in [0.29, 0.717) is 18.2 Å². The molecule has 1 heterocycles. The van der Waals surface area contributed by atoms with Gasteiger partial charge >= 0.3 is 0 Å². The molecule has 0 spiro atoms. The minimum absolute atomic E-state index is 0.105. The van der Waals surface area contributed by atoms with E-state index in [1.807, 2.05) is 13.8 Å². The van der Waals surface area contributed by atoms with Crippen LogP contribution in [0, 0.1) is 13.8 Å². The summed E-state index contributed by atoms with van der Waals surface area (Å²) < 4.78 is 5.65. The summed E-state index contributed by atoms with van der Waals surface area (Å²) in [5, 5.41) is 13.7. The van der Waals surface area contributed by atoms with E-state index in [-0.39, 0.29) is 11.9 Å². The van der Waals surface area contributed by atoms with Crippen LogP contribution in [0.15, 0.2) is 6.07 Å². The molecule has 2 N–H and O–H groups in total. The lowest BCUT2D eigenvalue weighted by Crippen LogP contribution is -2.33. The number of halogens is 1. The van der Waals surface area contributed by atoms with E-state index in [0.717, 1.165) is 23.2 Å². The van der Waals surface area contributed by atoms with Gasteiger partial charge in [-0.2, -0.15) is 0 Å². The summed E-state index contributed by atoms with van der Waals surface area (Å²) in [6, 6.07) is 1.78. The second-order valence-corrected chi connectivity index (χ2v) is 4.53. The Morgan fingerprint density at radius 2 is 2.25 bits per heavy atom. The van der Waals surface area contributed by atoms with Gasteiger partial charge in [0.1, 0.15) is 5.75 Å². The molecule has 16 heavy (non-hydrogen) atoms. The number of rotatable bonds is 1. The molecule has 1 aromatic carbocycles. The number of aromatic hydroxyl groups is 1. The molecule has 0 aliphatic carbocycles. The highest BCUT2D eigenvalue weighted by Gasteiger charge is 2.23. The van der Waals surface area contributed by atoms with Crippen LogP contribution < -0.4 is 5.32 Å². The zero-order valence-corrected chi connectivity index (χ0v) is 10.3. The first kappa shape index (κ1) is 11.7. The topological polar surface area (TPSA) is 41.5 Å². The highest BCUT2D eigenvalue weighted by Crippen LogP contribution is 2.37. The van der Waals surface area contributed by atoms with E-state index in [2.05, 4.69) is 5.32 Å². The highest BCUT2D eigenvalue weighted by molar-refractivity contribution is 6.32. The van der Waals surface area contributed by atoms with Crippen LogP contribution in [0.2, 0.25) is 5.02 Å². The van der Waals surface area contributed by atoms with Gasteiger partial charge < -0.3 is 15.2 Å². The van der Waals surface area contributed by atoms with Gasteiger partial charge in [0.15, 0.2) is 0 Å². The first-order chi connectivity index (χ1) is 7.61. The molecule has 1 fully saturated rings. The number of hydrogen-bond donors (Lipinski definition) is 2. The van der Waals surface area contributed by atoms with Crippen molar-refractivity contribution in [3.05, 3.63) is 27.8 Å². The van der Waals surface area contributed by atoms with Crippen LogP contribution in [0.4, 0.5) is 0 Å². The van der Waals surface area contributed by atoms with Crippen molar-refractivity contribution in [3.8, 4) is 5.75 Å². The lowest BCUT2D eigenvalue weighted by atomic mass is 9.97. The van der Waals surface area contributed by atoms with Gasteiger partial charge in [-0.25, -0.2) is 0 Å². The van der Waals surface area contributed by atoms with Crippen molar-refractivity contribution >= 4 is 11.6 Å². The van der Waals surface area contributed by atoms with Gasteiger partial charge in [0.2, 0.25) is 0 Å². The van der Waals surface area contributed by atoms with Crippen LogP contribution in [-0.4, -0.2) is 24.8 Å². The van der Waals surface area contributed by atoms with Crippen molar-refractivity contribution in [2.45, 2.75) is 20.0 Å². The van der Waals surface area contributed by atoms with E-state index in [1.54, 1.807) is 6.07 Å². The zero-order valence-electron chi connectivity index (χ0n) is 9.51. The zero-order chi connectivity index (χ0) is 11.7. The highest BCUT2D eigenvalue weighted by atomic mass is 35.5. The van der Waals surface area contributed by atoms with E-state index in [4.69, 9.17) is 16.3 Å². The van der Waals surface area contributed by atoms with Gasteiger partial charge in [-0.15, -0.1) is 0 Å². The van der Waals surface area contributed by atoms with Gasteiger partial charge in [0.25, 0.3) is 0 Å². The molecule has 0 bridgehead atoms. The maximum Gasteiger partial charge on any atom is 0.140 e. The molecular formula is C12H16ClNO2. The van der Waals surface area contributed by atoms with E-state index in [9.17, 15) is 5.11 Å². The van der Waals surface area contributed by atoms with Crippen molar-refractivity contribution < 1.29 is 9.84 Å². The van der Waals surface area contributed by atoms with Gasteiger partial charge in [0.05, 0.1) is 17.7 Å². The Morgan fingerprint density at radius 3 is 2.88 bits per heavy atom. The SMILES string of the molecule is Cc1cc(Cl)c(O)c(C2CNCCO2)c1C. The molecule has 88 valence electrons. The molecule has 0 radical (unpaired) electrons. The number of morpholine rings is 1. The quantitative estimate of drug-likeness (QED) is 0.793. The van der Waals surface area contributed by atoms with Crippen LogP contribution in [0.3, 0.4) is 0 Å². The molecule has 1 unspecified atom stereocenters. The van der Waals surface area contributed by atoms with Gasteiger partial charge in [-0.1, -0.05) is 11.6 Å². The Bertz CT molecular complexity index is 374. The molecule has 3 nitrogen and oxygen atoms in total. The first-order valence-corrected chi connectivity index (χ1v) is 5.80. The predicted octanol–water partition coefficient (Wildman–Crippen LogP) is 2.32. The Hall–Kier alpha value is -0.770. The monoisotopic (exact) mass is 241 g/mol. The van der Waals surface area contributed by atoms with Crippen LogP contribution >= 0.6 is 11.6 Å². The van der Waals surface area contributed by atoms with Crippen LogP contribution in [-0.2, 0) is 4.74 Å². The summed E-state index contributed by atoms with van der Waals surface area (Å²) in [6.07, 6.45) is -0.105. The van der Waals surface area contributed by atoms with Gasteiger partial charge in [0, 0.05) is 18.7 Å². The average molecular weight is 242 g/mol. The summed E-state index contributed by atoms with van der Waals surface area (Å²) in [6.45, 7) is 6.21. The molecule has 1 aliphatic rings. The molecule has 1 aromatic rings. The third-order valence-corrected chi connectivity index (χ3v) is 3.36.